The molecule has 0 fully saturated rings. The Morgan fingerprint density at radius 2 is 1.31 bits per heavy atom. The maximum atomic E-state index is 14.0. The molecule has 0 aliphatic carbocycles. The number of hydrogen-bond acceptors (Lipinski definition) is 4. The topological polar surface area (TPSA) is 44.2 Å². The lowest BCUT2D eigenvalue weighted by Gasteiger charge is -2.29. The van der Waals surface area contributed by atoms with Gasteiger partial charge in [0.2, 0.25) is 0 Å². The molecule has 312 valence electrons. The van der Waals surface area contributed by atoms with E-state index in [1.807, 2.05) is 61.7 Å². The molecule has 5 aromatic carbocycles. The first-order valence-electron chi connectivity index (χ1n) is 21.2. The van der Waals surface area contributed by atoms with Crippen LogP contribution in [0.3, 0.4) is 0 Å². The number of halogens is 3. The number of rotatable bonds is 10. The van der Waals surface area contributed by atoms with Crippen LogP contribution in [0.15, 0.2) is 109 Å². The van der Waals surface area contributed by atoms with Gasteiger partial charge < -0.3 is 9.47 Å². The van der Waals surface area contributed by atoms with Crippen molar-refractivity contribution in [2.24, 2.45) is 5.41 Å². The molecule has 0 saturated heterocycles. The minimum atomic E-state index is -4.36. The molecule has 0 bridgehead atoms. The molecular formula is C54H53F3N2O2. The van der Waals surface area contributed by atoms with Crippen LogP contribution in [0.25, 0.3) is 55.5 Å². The fourth-order valence-electron chi connectivity index (χ4n) is 8.56. The second kappa shape index (κ2) is 15.8. The largest absolute Gasteiger partial charge is 0.457 e. The zero-order valence-corrected chi connectivity index (χ0v) is 36.7. The van der Waals surface area contributed by atoms with Crippen LogP contribution in [0.2, 0.25) is 0 Å². The van der Waals surface area contributed by atoms with Crippen molar-refractivity contribution in [3.63, 3.8) is 0 Å². The molecule has 0 N–H and O–H groups in total. The first-order chi connectivity index (χ1) is 28.9. The van der Waals surface area contributed by atoms with Gasteiger partial charge in [-0.25, -0.2) is 0 Å². The summed E-state index contributed by atoms with van der Waals surface area (Å²) in [6.07, 6.45) is -0.913. The Kier molecular flexibility index (Phi) is 10.8. The molecule has 0 atom stereocenters. The van der Waals surface area contributed by atoms with E-state index in [-0.39, 0.29) is 6.42 Å². The third kappa shape index (κ3) is 8.15. The summed E-state index contributed by atoms with van der Waals surface area (Å²) in [6, 6.07) is 32.8. The fraction of sp³-hybridized carbons (Fsp3) is 0.296. The van der Waals surface area contributed by atoms with Crippen molar-refractivity contribution in [1.82, 2.24) is 9.97 Å². The molecule has 61 heavy (non-hydrogen) atoms. The zero-order valence-electron chi connectivity index (χ0n) is 36.7. The minimum absolute atomic E-state index is 0.179. The maximum Gasteiger partial charge on any atom is 0.394 e. The molecule has 7 aromatic rings. The Bertz CT molecular complexity index is 2790. The minimum Gasteiger partial charge on any atom is -0.457 e. The van der Waals surface area contributed by atoms with E-state index >= 15 is 0 Å². The van der Waals surface area contributed by atoms with E-state index in [0.29, 0.717) is 52.0 Å². The molecular weight excluding hydrogens is 766 g/mol. The molecule has 0 saturated carbocycles. The average molecular weight is 819 g/mol. The summed E-state index contributed by atoms with van der Waals surface area (Å²) < 4.78 is 55.6. The van der Waals surface area contributed by atoms with Crippen LogP contribution in [0.5, 0.6) is 23.0 Å². The van der Waals surface area contributed by atoms with Gasteiger partial charge in [-0.05, 0) is 154 Å². The van der Waals surface area contributed by atoms with E-state index in [1.54, 1.807) is 12.3 Å². The Morgan fingerprint density at radius 3 is 1.98 bits per heavy atom. The Morgan fingerprint density at radius 1 is 0.639 bits per heavy atom. The van der Waals surface area contributed by atoms with Gasteiger partial charge in [0.25, 0.3) is 0 Å². The average Bonchev–Trinajstić information content (AvgIpc) is 3.19. The highest BCUT2D eigenvalue weighted by Gasteiger charge is 2.47. The number of ether oxygens (including phenoxy) is 2. The number of hydrogen-bond donors (Lipinski definition) is 0. The van der Waals surface area contributed by atoms with Crippen molar-refractivity contribution in [3.8, 4) is 67.8 Å². The lowest BCUT2D eigenvalue weighted by molar-refractivity contribution is -0.211. The number of aromatic nitrogens is 2. The second-order valence-electron chi connectivity index (χ2n) is 18.3. The second-order valence-corrected chi connectivity index (χ2v) is 18.3. The lowest BCUT2D eigenvalue weighted by atomic mass is 9.81. The van der Waals surface area contributed by atoms with Gasteiger partial charge >= 0.3 is 6.18 Å². The lowest BCUT2D eigenvalue weighted by Crippen LogP contribution is -2.34. The molecule has 4 nitrogen and oxygen atoms in total. The van der Waals surface area contributed by atoms with Crippen molar-refractivity contribution < 1.29 is 22.6 Å². The third-order valence-electron chi connectivity index (χ3n) is 11.9. The van der Waals surface area contributed by atoms with Gasteiger partial charge in [-0.2, -0.15) is 13.2 Å². The van der Waals surface area contributed by atoms with E-state index in [1.165, 1.54) is 36.1 Å². The Balaban J connectivity index is 1.23. The van der Waals surface area contributed by atoms with Crippen molar-refractivity contribution >= 4 is 10.8 Å². The molecule has 0 amide bonds. The van der Waals surface area contributed by atoms with E-state index in [9.17, 15) is 13.2 Å². The van der Waals surface area contributed by atoms with Crippen molar-refractivity contribution in [3.05, 3.63) is 143 Å². The summed E-state index contributed by atoms with van der Waals surface area (Å²) in [7, 11) is 0. The van der Waals surface area contributed by atoms with Crippen molar-refractivity contribution in [2.75, 3.05) is 0 Å². The summed E-state index contributed by atoms with van der Waals surface area (Å²) >= 11 is 0. The summed E-state index contributed by atoms with van der Waals surface area (Å²) in [5.41, 5.74) is 12.0. The van der Waals surface area contributed by atoms with Gasteiger partial charge in [0, 0.05) is 34.5 Å². The fourth-order valence-corrected chi connectivity index (χ4v) is 8.56. The number of pyridine rings is 2. The van der Waals surface area contributed by atoms with Crippen molar-refractivity contribution in [2.45, 2.75) is 99.6 Å². The van der Waals surface area contributed by atoms with Gasteiger partial charge in [-0.1, -0.05) is 91.8 Å². The van der Waals surface area contributed by atoms with Crippen LogP contribution in [0, 0.1) is 19.3 Å². The SMILES string of the molecule is Cc1cc(Oc2cc(-c3cc(C)ccn3)cc(-c3c(C(C)C)cc(C(C)C)cc3C(C)C)c2)cc(-c2nccc3c2Oc2cc(CC(C)(C)C(F)(F)F)cc4cccc-3c24)c1. The van der Waals surface area contributed by atoms with Crippen LogP contribution in [0.4, 0.5) is 13.2 Å². The number of aryl methyl sites for hydroxylation is 2. The Labute approximate surface area is 357 Å². The van der Waals surface area contributed by atoms with Crippen LogP contribution < -0.4 is 9.47 Å². The van der Waals surface area contributed by atoms with Gasteiger partial charge in [-0.3, -0.25) is 9.97 Å². The smallest absolute Gasteiger partial charge is 0.394 e. The van der Waals surface area contributed by atoms with Crippen LogP contribution in [-0.2, 0) is 6.42 Å². The van der Waals surface area contributed by atoms with Crippen LogP contribution >= 0.6 is 0 Å². The normalized spacial score (nSPS) is 12.7. The van der Waals surface area contributed by atoms with Crippen LogP contribution in [-0.4, -0.2) is 16.1 Å². The monoisotopic (exact) mass is 818 g/mol. The van der Waals surface area contributed by atoms with Gasteiger partial charge in [0.05, 0.1) is 11.1 Å². The standard InChI is InChI=1S/C54H53F3N2O2/c1-30(2)37-27-45(31(3)4)49(46(28-37)32(5)6)39-23-38(47-20-33(7)14-16-58-47)24-42(25-39)60-41-19-34(8)18-40(26-41)51-52-44(15-17-59-51)43-13-11-12-36-21-35(22-48(61-52)50(36)43)29-53(9,10)54(55,56)57/h11-28,30-32H,29H2,1-10H3. The molecule has 1 aliphatic heterocycles. The number of benzene rings is 5. The Hall–Kier alpha value is -5.95. The highest BCUT2D eigenvalue weighted by molar-refractivity contribution is 6.05. The van der Waals surface area contributed by atoms with Crippen molar-refractivity contribution in [1.29, 1.82) is 0 Å². The van der Waals surface area contributed by atoms with E-state index in [2.05, 4.69) is 90.9 Å². The molecule has 8 rings (SSSR count). The zero-order chi connectivity index (χ0) is 43.5. The first kappa shape index (κ1) is 41.8. The van der Waals surface area contributed by atoms with E-state index in [0.717, 1.165) is 55.4 Å². The highest BCUT2D eigenvalue weighted by Crippen LogP contribution is 2.51. The summed E-state index contributed by atoms with van der Waals surface area (Å²) in [4.78, 5) is 9.64. The first-order valence-corrected chi connectivity index (χ1v) is 21.2. The van der Waals surface area contributed by atoms with Crippen LogP contribution in [0.1, 0.15) is 107 Å². The number of alkyl halides is 3. The van der Waals surface area contributed by atoms with E-state index < -0.39 is 11.6 Å². The highest BCUT2D eigenvalue weighted by atomic mass is 19.4. The molecule has 1 aliphatic rings. The number of nitrogens with zero attached hydrogens (tertiary/aromatic N) is 2. The quantitative estimate of drug-likeness (QED) is 0.138. The molecule has 2 aromatic heterocycles. The predicted octanol–water partition coefficient (Wildman–Crippen LogP) is 16.3. The molecule has 0 radical (unpaired) electrons. The third-order valence-corrected chi connectivity index (χ3v) is 11.9. The summed E-state index contributed by atoms with van der Waals surface area (Å²) in [5.74, 6) is 3.36. The molecule has 0 spiro atoms. The summed E-state index contributed by atoms with van der Waals surface area (Å²) in [5, 5.41) is 1.70. The molecule has 0 unspecified atom stereocenters. The van der Waals surface area contributed by atoms with Gasteiger partial charge in [-0.15, -0.1) is 0 Å². The molecule has 7 heteroatoms. The predicted molar refractivity (Wildman–Crippen MR) is 243 cm³/mol. The van der Waals surface area contributed by atoms with E-state index in [4.69, 9.17) is 19.4 Å². The van der Waals surface area contributed by atoms with Gasteiger partial charge in [0.15, 0.2) is 5.75 Å². The number of fused-ring (bicyclic) bond motifs is 2. The van der Waals surface area contributed by atoms with Gasteiger partial charge in [0.1, 0.15) is 22.9 Å². The molecule has 3 heterocycles. The maximum absolute atomic E-state index is 14.0. The summed E-state index contributed by atoms with van der Waals surface area (Å²) in [6.45, 7) is 20.1.